The van der Waals surface area contributed by atoms with Gasteiger partial charge in [-0.2, -0.15) is 0 Å². The Morgan fingerprint density at radius 2 is 1.95 bits per heavy atom. The van der Waals surface area contributed by atoms with Crippen molar-refractivity contribution in [2.75, 3.05) is 0 Å². The molecule has 0 amide bonds. The number of allylic oxidation sites excluding steroid dienone is 3. The second-order valence-electron chi connectivity index (χ2n) is 5.71. The molecule has 4 nitrogen and oxygen atoms in total. The zero-order chi connectivity index (χ0) is 14.7. The van der Waals surface area contributed by atoms with Gasteiger partial charge in [0, 0.05) is 6.42 Å². The van der Waals surface area contributed by atoms with Crippen molar-refractivity contribution in [1.82, 2.24) is 0 Å². The Labute approximate surface area is 113 Å². The summed E-state index contributed by atoms with van der Waals surface area (Å²) in [6, 6.07) is 0. The summed E-state index contributed by atoms with van der Waals surface area (Å²) in [5.74, 6) is -1.90. The molecule has 19 heavy (non-hydrogen) atoms. The van der Waals surface area contributed by atoms with Gasteiger partial charge >= 0.3 is 0 Å². The number of aliphatic hydroxyl groups is 2. The molecule has 1 aliphatic carbocycles. The molecule has 2 N–H and O–H groups in total. The van der Waals surface area contributed by atoms with Crippen LogP contribution in [0.4, 0.5) is 0 Å². The summed E-state index contributed by atoms with van der Waals surface area (Å²) in [6.07, 6.45) is 1.11. The lowest BCUT2D eigenvalue weighted by atomic mass is 9.94. The van der Waals surface area contributed by atoms with Crippen LogP contribution in [0.3, 0.4) is 0 Å². The van der Waals surface area contributed by atoms with E-state index < -0.39 is 23.6 Å². The third-order valence-corrected chi connectivity index (χ3v) is 3.15. The highest BCUT2D eigenvalue weighted by atomic mass is 16.3. The van der Waals surface area contributed by atoms with Crippen molar-refractivity contribution in [3.05, 3.63) is 23.0 Å². The highest BCUT2D eigenvalue weighted by molar-refractivity contribution is 6.23. The topological polar surface area (TPSA) is 74.6 Å². The van der Waals surface area contributed by atoms with Gasteiger partial charge in [0.25, 0.3) is 0 Å². The number of hydrogen-bond acceptors (Lipinski definition) is 4. The number of rotatable bonds is 5. The van der Waals surface area contributed by atoms with Crippen LogP contribution in [0.15, 0.2) is 23.0 Å². The van der Waals surface area contributed by atoms with Crippen molar-refractivity contribution < 1.29 is 19.8 Å². The van der Waals surface area contributed by atoms with Crippen LogP contribution in [0, 0.1) is 11.8 Å². The predicted octanol–water partition coefficient (Wildman–Crippen LogP) is 2.33. The first-order valence-corrected chi connectivity index (χ1v) is 6.57. The second-order valence-corrected chi connectivity index (χ2v) is 5.71. The Kier molecular flexibility index (Phi) is 5.06. The number of hydrogen-bond donors (Lipinski definition) is 2. The lowest BCUT2D eigenvalue weighted by Crippen LogP contribution is -2.23. The molecule has 1 aliphatic rings. The van der Waals surface area contributed by atoms with Crippen LogP contribution in [0.25, 0.3) is 0 Å². The van der Waals surface area contributed by atoms with Gasteiger partial charge in [-0.05, 0) is 26.2 Å². The van der Waals surface area contributed by atoms with E-state index in [2.05, 4.69) is 0 Å². The molecule has 0 spiro atoms. The minimum Gasteiger partial charge on any atom is -0.509 e. The van der Waals surface area contributed by atoms with Crippen molar-refractivity contribution >= 4 is 11.6 Å². The van der Waals surface area contributed by atoms with Gasteiger partial charge < -0.3 is 10.2 Å². The van der Waals surface area contributed by atoms with Gasteiger partial charge in [0.05, 0.1) is 5.92 Å². The summed E-state index contributed by atoms with van der Waals surface area (Å²) in [5, 5.41) is 19.7. The molecule has 106 valence electrons. The average Bonchev–Trinajstić information content (AvgIpc) is 2.47. The first kappa shape index (κ1) is 15.6. The zero-order valence-corrected chi connectivity index (χ0v) is 11.9. The maximum atomic E-state index is 12.1. The highest BCUT2D eigenvalue weighted by Crippen LogP contribution is 2.31. The standard InChI is InChI=1S/C15H22O4/c1-8(2)5-6-10-13(17)12(15(19)14(10)18)11(16)7-9(3)4/h5,9-10,14,18-19H,6-7H2,1-4H3/t10-,14+/m1/s1. The first-order valence-electron chi connectivity index (χ1n) is 6.57. The molecule has 1 rings (SSSR count). The summed E-state index contributed by atoms with van der Waals surface area (Å²) < 4.78 is 0. The van der Waals surface area contributed by atoms with Crippen molar-refractivity contribution in [3.63, 3.8) is 0 Å². The molecule has 0 aliphatic heterocycles. The molecule has 0 fully saturated rings. The van der Waals surface area contributed by atoms with Gasteiger partial charge in [-0.1, -0.05) is 25.5 Å². The monoisotopic (exact) mass is 266 g/mol. The molecular formula is C15H22O4. The molecular weight excluding hydrogens is 244 g/mol. The third kappa shape index (κ3) is 3.53. The van der Waals surface area contributed by atoms with Crippen LogP contribution >= 0.6 is 0 Å². The fourth-order valence-corrected chi connectivity index (χ4v) is 2.15. The lowest BCUT2D eigenvalue weighted by molar-refractivity contribution is -0.124. The maximum absolute atomic E-state index is 12.1. The smallest absolute Gasteiger partial charge is 0.176 e. The molecule has 4 heteroatoms. The van der Waals surface area contributed by atoms with Gasteiger partial charge in [-0.3, -0.25) is 9.59 Å². The lowest BCUT2D eigenvalue weighted by Gasteiger charge is -2.11. The molecule has 0 unspecified atom stereocenters. The Hall–Kier alpha value is -1.42. The Balaban J connectivity index is 2.92. The second kappa shape index (κ2) is 6.15. The molecule has 0 aromatic heterocycles. The van der Waals surface area contributed by atoms with Crippen molar-refractivity contribution in [2.45, 2.75) is 46.6 Å². The van der Waals surface area contributed by atoms with E-state index in [0.29, 0.717) is 6.42 Å². The number of Topliss-reactive ketones (excluding diaryl/α,β-unsaturated/α-hetero) is 2. The van der Waals surface area contributed by atoms with E-state index in [4.69, 9.17) is 0 Å². The van der Waals surface area contributed by atoms with Crippen LogP contribution in [0.5, 0.6) is 0 Å². The van der Waals surface area contributed by atoms with E-state index in [1.807, 2.05) is 33.8 Å². The summed E-state index contributed by atoms with van der Waals surface area (Å²) >= 11 is 0. The van der Waals surface area contributed by atoms with E-state index in [1.54, 1.807) is 0 Å². The number of ketones is 2. The quantitative estimate of drug-likeness (QED) is 0.591. The Morgan fingerprint density at radius 3 is 2.42 bits per heavy atom. The molecule has 0 bridgehead atoms. The van der Waals surface area contributed by atoms with Crippen LogP contribution in [0.2, 0.25) is 0 Å². The van der Waals surface area contributed by atoms with Gasteiger partial charge in [0.1, 0.15) is 17.4 Å². The summed E-state index contributed by atoms with van der Waals surface area (Å²) in [7, 11) is 0. The van der Waals surface area contributed by atoms with Crippen molar-refractivity contribution in [3.8, 4) is 0 Å². The molecule has 0 heterocycles. The van der Waals surface area contributed by atoms with Crippen LogP contribution in [0.1, 0.15) is 40.5 Å². The van der Waals surface area contributed by atoms with Crippen LogP contribution in [-0.2, 0) is 9.59 Å². The Bertz CT molecular complexity index is 439. The molecule has 0 aromatic carbocycles. The van der Waals surface area contributed by atoms with Gasteiger partial charge in [0.15, 0.2) is 11.6 Å². The Morgan fingerprint density at radius 1 is 1.37 bits per heavy atom. The van der Waals surface area contributed by atoms with E-state index in [9.17, 15) is 19.8 Å². The number of carbonyl (C=O) groups is 2. The van der Waals surface area contributed by atoms with E-state index >= 15 is 0 Å². The first-order chi connectivity index (χ1) is 8.75. The molecule has 0 saturated carbocycles. The van der Waals surface area contributed by atoms with Crippen LogP contribution < -0.4 is 0 Å². The van der Waals surface area contributed by atoms with Crippen molar-refractivity contribution in [1.29, 1.82) is 0 Å². The normalized spacial score (nSPS) is 23.2. The van der Waals surface area contributed by atoms with Gasteiger partial charge in [-0.15, -0.1) is 0 Å². The minimum atomic E-state index is -1.26. The number of aliphatic hydroxyl groups excluding tert-OH is 2. The van der Waals surface area contributed by atoms with Crippen molar-refractivity contribution in [2.24, 2.45) is 11.8 Å². The van der Waals surface area contributed by atoms with Crippen LogP contribution in [-0.4, -0.2) is 27.9 Å². The molecule has 0 radical (unpaired) electrons. The van der Waals surface area contributed by atoms with Gasteiger partial charge in [-0.25, -0.2) is 0 Å². The summed E-state index contributed by atoms with van der Waals surface area (Å²) in [4.78, 5) is 24.1. The largest absolute Gasteiger partial charge is 0.509 e. The molecule has 2 atom stereocenters. The fraction of sp³-hybridized carbons (Fsp3) is 0.600. The predicted molar refractivity (Wildman–Crippen MR) is 72.7 cm³/mol. The van der Waals surface area contributed by atoms with E-state index in [0.717, 1.165) is 5.57 Å². The number of carbonyl (C=O) groups excluding carboxylic acids is 2. The van der Waals surface area contributed by atoms with Gasteiger partial charge in [0.2, 0.25) is 0 Å². The summed E-state index contributed by atoms with van der Waals surface area (Å²) in [5.41, 5.74) is 0.829. The molecule has 0 saturated heterocycles. The zero-order valence-electron chi connectivity index (χ0n) is 11.9. The highest BCUT2D eigenvalue weighted by Gasteiger charge is 2.43. The van der Waals surface area contributed by atoms with E-state index in [1.165, 1.54) is 0 Å². The maximum Gasteiger partial charge on any atom is 0.176 e. The SMILES string of the molecule is CC(C)=CC[C@@H]1C(=O)C(C(=O)CC(C)C)=C(O)[C@H]1O. The molecule has 0 aromatic rings. The summed E-state index contributed by atoms with van der Waals surface area (Å²) in [6.45, 7) is 7.52. The van der Waals surface area contributed by atoms with E-state index in [-0.39, 0.29) is 23.7 Å². The fourth-order valence-electron chi connectivity index (χ4n) is 2.15. The average molecular weight is 266 g/mol. The third-order valence-electron chi connectivity index (χ3n) is 3.15. The minimum absolute atomic E-state index is 0.106.